The summed E-state index contributed by atoms with van der Waals surface area (Å²) < 4.78 is 24.8. The van der Waals surface area contributed by atoms with Gasteiger partial charge in [-0.25, -0.2) is 8.42 Å². The molecule has 0 atom stereocenters. The van der Waals surface area contributed by atoms with Crippen LogP contribution in [0.4, 0.5) is 5.69 Å². The summed E-state index contributed by atoms with van der Waals surface area (Å²) in [6, 6.07) is 8.50. The van der Waals surface area contributed by atoms with Gasteiger partial charge in [0.05, 0.1) is 17.9 Å². The minimum atomic E-state index is -3.44. The molecule has 0 saturated carbocycles. The lowest BCUT2D eigenvalue weighted by molar-refractivity contribution is -0.136. The standard InChI is InChI=1S/C11H15NO4S/c1-2-17(15,16)12(9-8-11(13)14)10-6-4-3-5-7-10/h3-7H,2,8-9H2,1H3,(H,13,14). The fourth-order valence-electron chi connectivity index (χ4n) is 1.38. The summed E-state index contributed by atoms with van der Waals surface area (Å²) in [5.41, 5.74) is 0.496. The second-order valence-electron chi connectivity index (χ2n) is 3.45. The molecule has 0 aromatic heterocycles. The van der Waals surface area contributed by atoms with Gasteiger partial charge in [0.2, 0.25) is 10.0 Å². The first kappa shape index (κ1) is 13.5. The van der Waals surface area contributed by atoms with Gasteiger partial charge in [-0.05, 0) is 19.1 Å². The minimum absolute atomic E-state index is 0.0461. The molecule has 0 radical (unpaired) electrons. The first-order chi connectivity index (χ1) is 7.97. The Bertz CT molecular complexity index is 470. The minimum Gasteiger partial charge on any atom is -0.481 e. The fourth-order valence-corrected chi connectivity index (χ4v) is 2.50. The van der Waals surface area contributed by atoms with E-state index >= 15 is 0 Å². The molecule has 0 bridgehead atoms. The van der Waals surface area contributed by atoms with Crippen LogP contribution >= 0.6 is 0 Å². The molecule has 0 amide bonds. The molecule has 0 unspecified atom stereocenters. The molecule has 0 fully saturated rings. The third-order valence-corrected chi connectivity index (χ3v) is 4.07. The Morgan fingerprint density at radius 3 is 2.35 bits per heavy atom. The molecule has 5 nitrogen and oxygen atoms in total. The summed E-state index contributed by atoms with van der Waals surface area (Å²) in [5, 5.41) is 8.63. The number of nitrogens with zero attached hydrogens (tertiary/aromatic N) is 1. The smallest absolute Gasteiger partial charge is 0.305 e. The van der Waals surface area contributed by atoms with Gasteiger partial charge in [0.15, 0.2) is 0 Å². The molecular formula is C11H15NO4S. The fraction of sp³-hybridized carbons (Fsp3) is 0.364. The van der Waals surface area contributed by atoms with Crippen LogP contribution in [-0.2, 0) is 14.8 Å². The molecule has 1 aromatic rings. The maximum atomic E-state index is 11.8. The molecule has 0 spiro atoms. The highest BCUT2D eigenvalue weighted by molar-refractivity contribution is 7.92. The molecule has 6 heteroatoms. The van der Waals surface area contributed by atoms with Crippen molar-refractivity contribution in [1.29, 1.82) is 0 Å². The quantitative estimate of drug-likeness (QED) is 0.834. The maximum Gasteiger partial charge on any atom is 0.305 e. The molecule has 0 heterocycles. The van der Waals surface area contributed by atoms with E-state index < -0.39 is 16.0 Å². The van der Waals surface area contributed by atoms with Crippen LogP contribution in [0.2, 0.25) is 0 Å². The highest BCUT2D eigenvalue weighted by Gasteiger charge is 2.20. The van der Waals surface area contributed by atoms with E-state index in [0.29, 0.717) is 5.69 Å². The Kier molecular flexibility index (Phi) is 4.51. The highest BCUT2D eigenvalue weighted by atomic mass is 32.2. The molecule has 1 rings (SSSR count). The summed E-state index contributed by atoms with van der Waals surface area (Å²) in [6.45, 7) is 1.49. The average molecular weight is 257 g/mol. The molecule has 1 N–H and O–H groups in total. The number of carbonyl (C=O) groups is 1. The van der Waals surface area contributed by atoms with E-state index in [9.17, 15) is 13.2 Å². The van der Waals surface area contributed by atoms with E-state index in [1.54, 1.807) is 30.3 Å². The van der Waals surface area contributed by atoms with Crippen molar-refractivity contribution in [3.8, 4) is 0 Å². The summed E-state index contributed by atoms with van der Waals surface area (Å²) in [7, 11) is -3.44. The van der Waals surface area contributed by atoms with E-state index in [2.05, 4.69) is 0 Å². The number of carboxylic acid groups (broad SMARTS) is 1. The van der Waals surface area contributed by atoms with Gasteiger partial charge >= 0.3 is 5.97 Å². The number of sulfonamides is 1. The van der Waals surface area contributed by atoms with E-state index in [0.717, 1.165) is 4.31 Å². The number of carboxylic acids is 1. The molecule has 0 aliphatic heterocycles. The molecule has 0 aliphatic rings. The number of aliphatic carboxylic acids is 1. The zero-order valence-electron chi connectivity index (χ0n) is 9.54. The predicted molar refractivity (Wildman–Crippen MR) is 65.5 cm³/mol. The number of rotatable bonds is 6. The second-order valence-corrected chi connectivity index (χ2v) is 5.63. The summed E-state index contributed by atoms with van der Waals surface area (Å²) in [6.07, 6.45) is -0.214. The Morgan fingerprint density at radius 1 is 1.29 bits per heavy atom. The second kappa shape index (κ2) is 5.67. The first-order valence-electron chi connectivity index (χ1n) is 5.24. The lowest BCUT2D eigenvalue weighted by atomic mass is 10.3. The van der Waals surface area contributed by atoms with Crippen LogP contribution in [0.25, 0.3) is 0 Å². The van der Waals surface area contributed by atoms with Crippen molar-refractivity contribution >= 4 is 21.7 Å². The molecule has 0 saturated heterocycles. The van der Waals surface area contributed by atoms with Crippen molar-refractivity contribution in [2.45, 2.75) is 13.3 Å². The maximum absolute atomic E-state index is 11.8. The molecule has 17 heavy (non-hydrogen) atoms. The van der Waals surface area contributed by atoms with Crippen molar-refractivity contribution < 1.29 is 18.3 Å². The van der Waals surface area contributed by atoms with Gasteiger partial charge in [0, 0.05) is 6.54 Å². The van der Waals surface area contributed by atoms with Gasteiger partial charge in [-0.1, -0.05) is 18.2 Å². The number of benzene rings is 1. The van der Waals surface area contributed by atoms with Crippen LogP contribution in [0.3, 0.4) is 0 Å². The largest absolute Gasteiger partial charge is 0.481 e. The Balaban J connectivity index is 2.99. The summed E-state index contributed by atoms with van der Waals surface area (Å²) >= 11 is 0. The highest BCUT2D eigenvalue weighted by Crippen LogP contribution is 2.18. The van der Waals surface area contributed by atoms with Crippen LogP contribution in [-0.4, -0.2) is 31.8 Å². The van der Waals surface area contributed by atoms with Crippen LogP contribution in [0.1, 0.15) is 13.3 Å². The number of anilines is 1. The van der Waals surface area contributed by atoms with Crippen LogP contribution in [0, 0.1) is 0 Å². The van der Waals surface area contributed by atoms with Crippen molar-refractivity contribution in [3.05, 3.63) is 30.3 Å². The third kappa shape index (κ3) is 3.74. The van der Waals surface area contributed by atoms with Gasteiger partial charge in [-0.15, -0.1) is 0 Å². The van der Waals surface area contributed by atoms with Gasteiger partial charge in [-0.3, -0.25) is 9.10 Å². The van der Waals surface area contributed by atoms with Crippen LogP contribution in [0.5, 0.6) is 0 Å². The van der Waals surface area contributed by atoms with Crippen molar-refractivity contribution in [1.82, 2.24) is 0 Å². The van der Waals surface area contributed by atoms with Gasteiger partial charge in [-0.2, -0.15) is 0 Å². The average Bonchev–Trinajstić information content (AvgIpc) is 2.30. The lowest BCUT2D eigenvalue weighted by Gasteiger charge is -2.22. The molecular weight excluding hydrogens is 242 g/mol. The number of hydrogen-bond acceptors (Lipinski definition) is 3. The third-order valence-electron chi connectivity index (χ3n) is 2.27. The van der Waals surface area contributed by atoms with E-state index in [-0.39, 0.29) is 18.7 Å². The van der Waals surface area contributed by atoms with Crippen LogP contribution < -0.4 is 4.31 Å². The van der Waals surface area contributed by atoms with Crippen LogP contribution in [0.15, 0.2) is 30.3 Å². The Morgan fingerprint density at radius 2 is 1.88 bits per heavy atom. The normalized spacial score (nSPS) is 11.1. The first-order valence-corrected chi connectivity index (χ1v) is 6.85. The van der Waals surface area contributed by atoms with Gasteiger partial charge in [0.1, 0.15) is 0 Å². The monoisotopic (exact) mass is 257 g/mol. The van der Waals surface area contributed by atoms with E-state index in [1.165, 1.54) is 6.92 Å². The zero-order chi connectivity index (χ0) is 12.9. The zero-order valence-corrected chi connectivity index (χ0v) is 10.4. The Hall–Kier alpha value is -1.56. The topological polar surface area (TPSA) is 74.7 Å². The van der Waals surface area contributed by atoms with Crippen molar-refractivity contribution in [3.63, 3.8) is 0 Å². The summed E-state index contributed by atoms with van der Waals surface area (Å²) in [5.74, 6) is -1.07. The molecule has 0 aliphatic carbocycles. The molecule has 1 aromatic carbocycles. The van der Waals surface area contributed by atoms with E-state index in [1.807, 2.05) is 0 Å². The van der Waals surface area contributed by atoms with Gasteiger partial charge in [0.25, 0.3) is 0 Å². The number of hydrogen-bond donors (Lipinski definition) is 1. The molecule has 94 valence electrons. The van der Waals surface area contributed by atoms with Gasteiger partial charge < -0.3 is 5.11 Å². The number of para-hydroxylation sites is 1. The predicted octanol–water partition coefficient (Wildman–Crippen LogP) is 1.32. The van der Waals surface area contributed by atoms with Crippen molar-refractivity contribution in [2.24, 2.45) is 0 Å². The Labute approximate surface area is 101 Å². The summed E-state index contributed by atoms with van der Waals surface area (Å²) in [4.78, 5) is 10.5. The SMILES string of the molecule is CCS(=O)(=O)N(CCC(=O)O)c1ccccc1. The van der Waals surface area contributed by atoms with E-state index in [4.69, 9.17) is 5.11 Å². The van der Waals surface area contributed by atoms with Crippen molar-refractivity contribution in [2.75, 3.05) is 16.6 Å². The lowest BCUT2D eigenvalue weighted by Crippen LogP contribution is -2.34.